The summed E-state index contributed by atoms with van der Waals surface area (Å²) in [4.78, 5) is 0. The fourth-order valence-corrected chi connectivity index (χ4v) is 2.46. The number of hydrogen-bond donors (Lipinski definition) is 1. The molecule has 0 aliphatic heterocycles. The van der Waals surface area contributed by atoms with E-state index in [4.69, 9.17) is 5.73 Å². The second-order valence-electron chi connectivity index (χ2n) is 4.72. The van der Waals surface area contributed by atoms with Crippen LogP contribution in [-0.2, 0) is 0 Å². The molecule has 0 spiro atoms. The lowest BCUT2D eigenvalue weighted by Gasteiger charge is -2.09. The van der Waals surface area contributed by atoms with Gasteiger partial charge in [-0.3, -0.25) is 4.68 Å². The van der Waals surface area contributed by atoms with Gasteiger partial charge in [-0.1, -0.05) is 19.8 Å². The lowest BCUT2D eigenvalue weighted by Crippen LogP contribution is -2.09. The summed E-state index contributed by atoms with van der Waals surface area (Å²) in [6, 6.07) is 0.641. The van der Waals surface area contributed by atoms with E-state index in [1.807, 2.05) is 0 Å². The number of aromatic nitrogens is 2. The Bertz CT molecular complexity index is 324. The summed E-state index contributed by atoms with van der Waals surface area (Å²) in [5.41, 5.74) is 8.17. The van der Waals surface area contributed by atoms with Gasteiger partial charge in [0.25, 0.3) is 0 Å². The van der Waals surface area contributed by atoms with Gasteiger partial charge in [-0.25, -0.2) is 0 Å². The summed E-state index contributed by atoms with van der Waals surface area (Å²) in [5.74, 6) is 0.431. The molecule has 1 aromatic heterocycles. The zero-order chi connectivity index (χ0) is 10.8. The molecule has 0 aromatic carbocycles. The van der Waals surface area contributed by atoms with Gasteiger partial charge in [0.15, 0.2) is 0 Å². The van der Waals surface area contributed by atoms with Crippen molar-refractivity contribution >= 4 is 0 Å². The fraction of sp³-hybridized carbons (Fsp3) is 0.750. The molecular formula is C12H21N3. The van der Waals surface area contributed by atoms with E-state index in [0.29, 0.717) is 18.5 Å². The summed E-state index contributed by atoms with van der Waals surface area (Å²) < 4.78 is 2.17. The minimum atomic E-state index is 0.431. The largest absolute Gasteiger partial charge is 0.330 e. The van der Waals surface area contributed by atoms with Crippen molar-refractivity contribution in [2.75, 3.05) is 6.54 Å². The smallest absolute Gasteiger partial charge is 0.0628 e. The molecule has 0 saturated heterocycles. The lowest BCUT2D eigenvalue weighted by molar-refractivity contribution is 0.464. The first-order valence-corrected chi connectivity index (χ1v) is 5.98. The highest BCUT2D eigenvalue weighted by Gasteiger charge is 2.20. The van der Waals surface area contributed by atoms with Crippen LogP contribution in [-0.4, -0.2) is 16.3 Å². The minimum absolute atomic E-state index is 0.431. The van der Waals surface area contributed by atoms with Crippen LogP contribution in [0.1, 0.15) is 55.8 Å². The summed E-state index contributed by atoms with van der Waals surface area (Å²) in [6.07, 6.45) is 7.49. The summed E-state index contributed by atoms with van der Waals surface area (Å²) >= 11 is 0. The van der Waals surface area contributed by atoms with Gasteiger partial charge >= 0.3 is 0 Å². The van der Waals surface area contributed by atoms with Crippen LogP contribution in [0.15, 0.2) is 6.20 Å². The Morgan fingerprint density at radius 2 is 2.20 bits per heavy atom. The van der Waals surface area contributed by atoms with Crippen LogP contribution in [0.5, 0.6) is 0 Å². The first-order chi connectivity index (χ1) is 7.22. The highest BCUT2D eigenvalue weighted by atomic mass is 15.3. The van der Waals surface area contributed by atoms with E-state index in [1.54, 1.807) is 0 Å². The molecule has 1 aromatic rings. The van der Waals surface area contributed by atoms with Crippen LogP contribution < -0.4 is 5.73 Å². The standard InChI is InChI=1S/C12H21N3/c1-9(7-13)12-8-15(14-10(12)2)11-5-3-4-6-11/h8-9,11H,3-7,13H2,1-2H3. The van der Waals surface area contributed by atoms with Gasteiger partial charge in [0, 0.05) is 6.20 Å². The number of hydrogen-bond acceptors (Lipinski definition) is 2. The molecule has 1 aliphatic carbocycles. The maximum atomic E-state index is 5.70. The fourth-order valence-electron chi connectivity index (χ4n) is 2.46. The predicted molar refractivity (Wildman–Crippen MR) is 61.9 cm³/mol. The molecule has 0 radical (unpaired) electrons. The molecule has 84 valence electrons. The molecule has 1 fully saturated rings. The van der Waals surface area contributed by atoms with Crippen LogP contribution >= 0.6 is 0 Å². The van der Waals surface area contributed by atoms with Crippen molar-refractivity contribution in [1.82, 2.24) is 9.78 Å². The minimum Gasteiger partial charge on any atom is -0.330 e. The molecule has 1 heterocycles. The molecule has 0 amide bonds. The van der Waals surface area contributed by atoms with Crippen molar-refractivity contribution in [1.29, 1.82) is 0 Å². The van der Waals surface area contributed by atoms with Crippen LogP contribution in [0.3, 0.4) is 0 Å². The van der Waals surface area contributed by atoms with E-state index >= 15 is 0 Å². The molecule has 1 atom stereocenters. The molecule has 2 N–H and O–H groups in total. The number of rotatable bonds is 3. The van der Waals surface area contributed by atoms with Crippen molar-refractivity contribution in [3.63, 3.8) is 0 Å². The SMILES string of the molecule is Cc1nn(C2CCCC2)cc1C(C)CN. The van der Waals surface area contributed by atoms with Gasteiger partial charge in [-0.05, 0) is 37.8 Å². The van der Waals surface area contributed by atoms with Crippen molar-refractivity contribution < 1.29 is 0 Å². The van der Waals surface area contributed by atoms with E-state index in [0.717, 1.165) is 5.69 Å². The second kappa shape index (κ2) is 4.35. The average molecular weight is 207 g/mol. The molecule has 3 heteroatoms. The van der Waals surface area contributed by atoms with E-state index in [2.05, 4.69) is 29.8 Å². The van der Waals surface area contributed by atoms with Gasteiger partial charge in [0.1, 0.15) is 0 Å². The second-order valence-corrected chi connectivity index (χ2v) is 4.72. The van der Waals surface area contributed by atoms with Crippen molar-refractivity contribution in [3.8, 4) is 0 Å². The molecule has 15 heavy (non-hydrogen) atoms. The third-order valence-electron chi connectivity index (χ3n) is 3.54. The van der Waals surface area contributed by atoms with Crippen molar-refractivity contribution in [2.24, 2.45) is 5.73 Å². The zero-order valence-electron chi connectivity index (χ0n) is 9.74. The lowest BCUT2D eigenvalue weighted by atomic mass is 10.0. The van der Waals surface area contributed by atoms with Crippen LogP contribution in [0, 0.1) is 6.92 Å². The van der Waals surface area contributed by atoms with E-state index < -0.39 is 0 Å². The first-order valence-electron chi connectivity index (χ1n) is 5.98. The Morgan fingerprint density at radius 3 is 2.80 bits per heavy atom. The first kappa shape index (κ1) is 10.7. The van der Waals surface area contributed by atoms with Gasteiger partial charge in [-0.2, -0.15) is 5.10 Å². The summed E-state index contributed by atoms with van der Waals surface area (Å²) in [6.45, 7) is 4.97. The van der Waals surface area contributed by atoms with Crippen molar-refractivity contribution in [2.45, 2.75) is 51.5 Å². The summed E-state index contributed by atoms with van der Waals surface area (Å²) in [7, 11) is 0. The maximum Gasteiger partial charge on any atom is 0.0628 e. The third-order valence-corrected chi connectivity index (χ3v) is 3.54. The average Bonchev–Trinajstić information content (AvgIpc) is 2.84. The van der Waals surface area contributed by atoms with Crippen molar-refractivity contribution in [3.05, 3.63) is 17.5 Å². The van der Waals surface area contributed by atoms with Crippen LogP contribution in [0.4, 0.5) is 0 Å². The Balaban J connectivity index is 2.20. The molecule has 1 aliphatic rings. The van der Waals surface area contributed by atoms with E-state index in [9.17, 15) is 0 Å². The normalized spacial score (nSPS) is 19.7. The van der Waals surface area contributed by atoms with Crippen LogP contribution in [0.25, 0.3) is 0 Å². The molecule has 2 rings (SSSR count). The van der Waals surface area contributed by atoms with Gasteiger partial charge in [-0.15, -0.1) is 0 Å². The predicted octanol–water partition coefficient (Wildman–Crippen LogP) is 2.37. The van der Waals surface area contributed by atoms with E-state index in [1.165, 1.54) is 31.2 Å². The topological polar surface area (TPSA) is 43.8 Å². The third kappa shape index (κ3) is 2.07. The van der Waals surface area contributed by atoms with E-state index in [-0.39, 0.29) is 0 Å². The number of aryl methyl sites for hydroxylation is 1. The summed E-state index contributed by atoms with van der Waals surface area (Å²) in [5, 5.41) is 4.62. The monoisotopic (exact) mass is 207 g/mol. The maximum absolute atomic E-state index is 5.70. The Morgan fingerprint density at radius 1 is 1.53 bits per heavy atom. The van der Waals surface area contributed by atoms with Gasteiger partial charge in [0.05, 0.1) is 11.7 Å². The van der Waals surface area contributed by atoms with Crippen LogP contribution in [0.2, 0.25) is 0 Å². The molecule has 0 bridgehead atoms. The zero-order valence-corrected chi connectivity index (χ0v) is 9.74. The molecule has 1 unspecified atom stereocenters. The Hall–Kier alpha value is -0.830. The van der Waals surface area contributed by atoms with Gasteiger partial charge < -0.3 is 5.73 Å². The molecule has 3 nitrogen and oxygen atoms in total. The molecular weight excluding hydrogens is 186 g/mol. The Kier molecular flexibility index (Phi) is 3.10. The van der Waals surface area contributed by atoms with Gasteiger partial charge in [0.2, 0.25) is 0 Å². The highest BCUT2D eigenvalue weighted by molar-refractivity contribution is 5.20. The molecule has 1 saturated carbocycles. The highest BCUT2D eigenvalue weighted by Crippen LogP contribution is 2.30. The number of nitrogens with zero attached hydrogens (tertiary/aromatic N) is 2. The Labute approximate surface area is 91.7 Å². The quantitative estimate of drug-likeness (QED) is 0.827. The number of nitrogens with two attached hydrogens (primary N) is 1.